The van der Waals surface area contributed by atoms with Crippen molar-refractivity contribution >= 4 is 46.4 Å². The zero-order valence-electron chi connectivity index (χ0n) is 10.5. The van der Waals surface area contributed by atoms with Crippen LogP contribution in [-0.4, -0.2) is 7.05 Å². The Labute approximate surface area is 137 Å². The van der Waals surface area contributed by atoms with Gasteiger partial charge < -0.3 is 10.1 Å². The number of nitrogens with one attached hydrogen (secondary N) is 1. The average Bonchev–Trinajstić information content (AvgIpc) is 2.40. The SMILES string of the molecule is CNCc1cccc(Cl)c1Oc1cc(Cl)c(Cl)cc1Cl. The summed E-state index contributed by atoms with van der Waals surface area (Å²) in [4.78, 5) is 0. The second-order valence-corrected chi connectivity index (χ2v) is 5.69. The molecular formula is C14H11Cl4NO. The summed E-state index contributed by atoms with van der Waals surface area (Å²) >= 11 is 24.2. The largest absolute Gasteiger partial charge is 0.454 e. The molecule has 0 heterocycles. The molecule has 0 aromatic heterocycles. The van der Waals surface area contributed by atoms with Gasteiger partial charge in [0.25, 0.3) is 0 Å². The summed E-state index contributed by atoms with van der Waals surface area (Å²) < 4.78 is 5.81. The zero-order chi connectivity index (χ0) is 14.7. The van der Waals surface area contributed by atoms with E-state index in [1.807, 2.05) is 19.2 Å². The minimum Gasteiger partial charge on any atom is -0.454 e. The Balaban J connectivity index is 2.42. The van der Waals surface area contributed by atoms with Crippen LogP contribution in [0.3, 0.4) is 0 Å². The predicted molar refractivity (Wildman–Crippen MR) is 85.8 cm³/mol. The highest BCUT2D eigenvalue weighted by atomic mass is 35.5. The fourth-order valence-corrected chi connectivity index (χ4v) is 2.50. The van der Waals surface area contributed by atoms with Crippen molar-refractivity contribution in [3.05, 3.63) is 56.0 Å². The van der Waals surface area contributed by atoms with Crippen LogP contribution in [0.15, 0.2) is 30.3 Å². The minimum absolute atomic E-state index is 0.369. The number of hydrogen-bond donors (Lipinski definition) is 1. The summed E-state index contributed by atoms with van der Waals surface area (Å²) in [6.45, 7) is 0.620. The fraction of sp³-hybridized carbons (Fsp3) is 0.143. The van der Waals surface area contributed by atoms with E-state index < -0.39 is 0 Å². The molecule has 0 aliphatic rings. The van der Waals surface area contributed by atoms with Crippen molar-refractivity contribution in [3.63, 3.8) is 0 Å². The Morgan fingerprint density at radius 3 is 2.35 bits per heavy atom. The van der Waals surface area contributed by atoms with Gasteiger partial charge in [-0.25, -0.2) is 0 Å². The standard InChI is InChI=1S/C14H11Cl4NO/c1-19-7-8-3-2-4-9(15)14(8)20-13-6-11(17)10(16)5-12(13)18/h2-6,19H,7H2,1H3. The highest BCUT2D eigenvalue weighted by Crippen LogP contribution is 2.39. The van der Waals surface area contributed by atoms with Gasteiger partial charge in [-0.15, -0.1) is 0 Å². The molecule has 0 saturated heterocycles. The van der Waals surface area contributed by atoms with Crippen LogP contribution in [0.4, 0.5) is 0 Å². The monoisotopic (exact) mass is 349 g/mol. The van der Waals surface area contributed by atoms with Crippen LogP contribution in [0.5, 0.6) is 11.5 Å². The number of para-hydroxylation sites is 1. The van der Waals surface area contributed by atoms with Crippen LogP contribution in [0.1, 0.15) is 5.56 Å². The van der Waals surface area contributed by atoms with Crippen LogP contribution >= 0.6 is 46.4 Å². The van der Waals surface area contributed by atoms with Gasteiger partial charge in [-0.2, -0.15) is 0 Å². The molecule has 6 heteroatoms. The third kappa shape index (κ3) is 3.51. The Morgan fingerprint density at radius 2 is 1.65 bits per heavy atom. The number of halogens is 4. The molecule has 2 aromatic carbocycles. The van der Waals surface area contributed by atoms with Crippen molar-refractivity contribution in [3.8, 4) is 11.5 Å². The van der Waals surface area contributed by atoms with E-state index in [4.69, 9.17) is 51.1 Å². The summed E-state index contributed by atoms with van der Waals surface area (Å²) in [5.41, 5.74) is 0.919. The van der Waals surface area contributed by atoms with E-state index in [2.05, 4.69) is 5.32 Å². The lowest BCUT2D eigenvalue weighted by atomic mass is 10.2. The van der Waals surface area contributed by atoms with Gasteiger partial charge in [0.05, 0.1) is 20.1 Å². The number of ether oxygens (including phenoxy) is 1. The molecule has 0 saturated carbocycles. The van der Waals surface area contributed by atoms with Crippen LogP contribution < -0.4 is 10.1 Å². The second kappa shape index (κ2) is 6.88. The lowest BCUT2D eigenvalue weighted by Crippen LogP contribution is -2.06. The molecule has 0 fully saturated rings. The molecule has 20 heavy (non-hydrogen) atoms. The first-order valence-electron chi connectivity index (χ1n) is 5.77. The van der Waals surface area contributed by atoms with Crippen molar-refractivity contribution in [2.45, 2.75) is 6.54 Å². The van der Waals surface area contributed by atoms with Crippen LogP contribution in [0.2, 0.25) is 20.1 Å². The summed E-state index contributed by atoms with van der Waals surface area (Å²) in [6.07, 6.45) is 0. The van der Waals surface area contributed by atoms with Gasteiger partial charge in [-0.05, 0) is 19.2 Å². The first-order chi connectivity index (χ1) is 9.52. The Bertz CT molecular complexity index is 631. The van der Waals surface area contributed by atoms with Gasteiger partial charge in [0.15, 0.2) is 5.75 Å². The molecule has 0 atom stereocenters. The van der Waals surface area contributed by atoms with Crippen molar-refractivity contribution in [1.82, 2.24) is 5.32 Å². The number of rotatable bonds is 4. The van der Waals surface area contributed by atoms with Crippen molar-refractivity contribution in [2.24, 2.45) is 0 Å². The van der Waals surface area contributed by atoms with Gasteiger partial charge >= 0.3 is 0 Å². The molecule has 2 aromatic rings. The van der Waals surface area contributed by atoms with Crippen LogP contribution in [-0.2, 0) is 6.54 Å². The number of benzene rings is 2. The quantitative estimate of drug-likeness (QED) is 0.702. The third-order valence-electron chi connectivity index (χ3n) is 2.60. The molecule has 0 aliphatic carbocycles. The minimum atomic E-state index is 0.369. The van der Waals surface area contributed by atoms with Gasteiger partial charge in [0.2, 0.25) is 0 Å². The Morgan fingerprint density at radius 1 is 0.950 bits per heavy atom. The Kier molecular flexibility index (Phi) is 5.42. The fourth-order valence-electron chi connectivity index (χ4n) is 1.69. The first kappa shape index (κ1) is 15.7. The van der Waals surface area contributed by atoms with E-state index >= 15 is 0 Å². The van der Waals surface area contributed by atoms with E-state index in [-0.39, 0.29) is 0 Å². The maximum Gasteiger partial charge on any atom is 0.150 e. The summed E-state index contributed by atoms with van der Waals surface area (Å²) in [5, 5.41) is 4.67. The topological polar surface area (TPSA) is 21.3 Å². The molecule has 0 spiro atoms. The van der Waals surface area contributed by atoms with E-state index in [9.17, 15) is 0 Å². The van der Waals surface area contributed by atoms with Crippen LogP contribution in [0.25, 0.3) is 0 Å². The Hall–Kier alpha value is -0.640. The summed E-state index contributed by atoms with van der Waals surface area (Å²) in [6, 6.07) is 8.64. The van der Waals surface area contributed by atoms with Gasteiger partial charge in [0, 0.05) is 18.2 Å². The lowest BCUT2D eigenvalue weighted by molar-refractivity contribution is 0.475. The average molecular weight is 351 g/mol. The first-order valence-corrected chi connectivity index (χ1v) is 7.28. The molecule has 106 valence electrons. The van der Waals surface area contributed by atoms with E-state index in [1.54, 1.807) is 12.1 Å². The maximum absolute atomic E-state index is 6.18. The summed E-state index contributed by atoms with van der Waals surface area (Å²) in [5.74, 6) is 0.954. The predicted octanol–water partition coefficient (Wildman–Crippen LogP) is 5.81. The van der Waals surface area contributed by atoms with E-state index in [0.717, 1.165) is 5.56 Å². The molecule has 2 rings (SSSR count). The molecule has 0 radical (unpaired) electrons. The molecule has 1 N–H and O–H groups in total. The highest BCUT2D eigenvalue weighted by molar-refractivity contribution is 6.43. The van der Waals surface area contributed by atoms with E-state index in [1.165, 1.54) is 6.07 Å². The maximum atomic E-state index is 6.18. The normalized spacial score (nSPS) is 10.7. The molecule has 0 unspecified atom stereocenters. The van der Waals surface area contributed by atoms with E-state index in [0.29, 0.717) is 38.1 Å². The molecular weight excluding hydrogens is 340 g/mol. The number of hydrogen-bond acceptors (Lipinski definition) is 2. The highest BCUT2D eigenvalue weighted by Gasteiger charge is 2.13. The second-order valence-electron chi connectivity index (χ2n) is 4.06. The van der Waals surface area contributed by atoms with Gasteiger partial charge in [-0.3, -0.25) is 0 Å². The molecule has 2 nitrogen and oxygen atoms in total. The molecule has 0 bridgehead atoms. The lowest BCUT2D eigenvalue weighted by Gasteiger charge is -2.14. The third-order valence-corrected chi connectivity index (χ3v) is 3.92. The zero-order valence-corrected chi connectivity index (χ0v) is 13.5. The molecule has 0 aliphatic heterocycles. The summed E-state index contributed by atoms with van der Waals surface area (Å²) in [7, 11) is 1.84. The smallest absolute Gasteiger partial charge is 0.150 e. The van der Waals surface area contributed by atoms with Crippen molar-refractivity contribution in [1.29, 1.82) is 0 Å². The van der Waals surface area contributed by atoms with Crippen LogP contribution in [0, 0.1) is 0 Å². The van der Waals surface area contributed by atoms with Crippen molar-refractivity contribution < 1.29 is 4.74 Å². The van der Waals surface area contributed by atoms with Gasteiger partial charge in [-0.1, -0.05) is 58.5 Å². The van der Waals surface area contributed by atoms with Gasteiger partial charge in [0.1, 0.15) is 5.75 Å². The molecule has 0 amide bonds. The van der Waals surface area contributed by atoms with Crippen molar-refractivity contribution in [2.75, 3.05) is 7.05 Å².